The zero-order valence-electron chi connectivity index (χ0n) is 9.31. The number of aliphatic hydroxyl groups is 1. The summed E-state index contributed by atoms with van der Waals surface area (Å²) < 4.78 is 18.0. The highest BCUT2D eigenvalue weighted by atomic mass is 35.5. The lowest BCUT2D eigenvalue weighted by molar-refractivity contribution is 0.259. The van der Waals surface area contributed by atoms with E-state index in [-0.39, 0.29) is 23.3 Å². The number of nitrogens with two attached hydrogens (primary N) is 1. The number of nitrogens with zero attached hydrogens (tertiary/aromatic N) is 2. The minimum absolute atomic E-state index is 0.0153. The number of aliphatic hydroxyl groups excluding tert-OH is 1. The van der Waals surface area contributed by atoms with E-state index >= 15 is 0 Å². The van der Waals surface area contributed by atoms with Crippen molar-refractivity contribution in [2.75, 3.05) is 6.61 Å². The standard InChI is InChI=1S/C11H11ClFN3O2/c12-7-5-6(1-2-8(7)13)10-15-11(18-16-10)9(14)3-4-17/h1-2,5,9,17H,3-4,14H2. The van der Waals surface area contributed by atoms with E-state index in [9.17, 15) is 4.39 Å². The third-order valence-corrected chi connectivity index (χ3v) is 2.67. The summed E-state index contributed by atoms with van der Waals surface area (Å²) >= 11 is 5.66. The molecule has 2 rings (SSSR count). The summed E-state index contributed by atoms with van der Waals surface area (Å²) in [7, 11) is 0. The van der Waals surface area contributed by atoms with Crippen LogP contribution in [0.5, 0.6) is 0 Å². The van der Waals surface area contributed by atoms with Crippen LogP contribution in [0.15, 0.2) is 22.7 Å². The molecule has 96 valence electrons. The Morgan fingerprint density at radius 2 is 2.28 bits per heavy atom. The average molecular weight is 272 g/mol. The summed E-state index contributed by atoms with van der Waals surface area (Å²) in [6, 6.07) is 3.60. The van der Waals surface area contributed by atoms with Crippen molar-refractivity contribution < 1.29 is 14.0 Å². The van der Waals surface area contributed by atoms with Crippen molar-refractivity contribution in [1.82, 2.24) is 10.1 Å². The van der Waals surface area contributed by atoms with Crippen LogP contribution in [-0.4, -0.2) is 21.9 Å². The second-order valence-electron chi connectivity index (χ2n) is 3.70. The van der Waals surface area contributed by atoms with Crippen molar-refractivity contribution in [1.29, 1.82) is 0 Å². The van der Waals surface area contributed by atoms with Gasteiger partial charge in [0.05, 0.1) is 11.1 Å². The highest BCUT2D eigenvalue weighted by Crippen LogP contribution is 2.23. The number of halogens is 2. The molecule has 0 fully saturated rings. The minimum atomic E-state index is -0.521. The maximum atomic E-state index is 13.0. The molecule has 0 amide bonds. The Balaban J connectivity index is 2.26. The van der Waals surface area contributed by atoms with Crippen LogP contribution >= 0.6 is 11.6 Å². The maximum Gasteiger partial charge on any atom is 0.243 e. The first-order chi connectivity index (χ1) is 8.61. The summed E-state index contributed by atoms with van der Waals surface area (Å²) in [5.74, 6) is -0.0131. The first-order valence-electron chi connectivity index (χ1n) is 5.27. The minimum Gasteiger partial charge on any atom is -0.396 e. The number of hydrogen-bond donors (Lipinski definition) is 2. The van der Waals surface area contributed by atoms with Crippen molar-refractivity contribution in [3.63, 3.8) is 0 Å². The van der Waals surface area contributed by atoms with Crippen LogP contribution in [0.25, 0.3) is 11.4 Å². The largest absolute Gasteiger partial charge is 0.396 e. The molecule has 0 spiro atoms. The van der Waals surface area contributed by atoms with Gasteiger partial charge in [-0.15, -0.1) is 0 Å². The Labute approximate surface area is 107 Å². The Kier molecular flexibility index (Phi) is 3.90. The van der Waals surface area contributed by atoms with Gasteiger partial charge in [-0.2, -0.15) is 4.98 Å². The molecular weight excluding hydrogens is 261 g/mol. The fraction of sp³-hybridized carbons (Fsp3) is 0.273. The van der Waals surface area contributed by atoms with Gasteiger partial charge >= 0.3 is 0 Å². The van der Waals surface area contributed by atoms with Gasteiger partial charge in [-0.25, -0.2) is 4.39 Å². The molecular formula is C11H11ClFN3O2. The van der Waals surface area contributed by atoms with Crippen LogP contribution in [0.2, 0.25) is 5.02 Å². The molecule has 2 aromatic rings. The molecule has 0 saturated carbocycles. The third-order valence-electron chi connectivity index (χ3n) is 2.38. The van der Waals surface area contributed by atoms with Crippen LogP contribution in [0.1, 0.15) is 18.4 Å². The highest BCUT2D eigenvalue weighted by Gasteiger charge is 2.15. The van der Waals surface area contributed by atoms with Crippen molar-refractivity contribution in [2.24, 2.45) is 5.73 Å². The molecule has 1 atom stereocenters. The Hall–Kier alpha value is -1.50. The summed E-state index contributed by atoms with van der Waals surface area (Å²) in [6.45, 7) is -0.0682. The predicted octanol–water partition coefficient (Wildman–Crippen LogP) is 1.91. The Bertz CT molecular complexity index is 547. The molecule has 0 aliphatic heterocycles. The monoisotopic (exact) mass is 271 g/mol. The van der Waals surface area contributed by atoms with Gasteiger partial charge in [-0.1, -0.05) is 16.8 Å². The molecule has 7 heteroatoms. The molecule has 0 saturated heterocycles. The number of benzene rings is 1. The van der Waals surface area contributed by atoms with Crippen molar-refractivity contribution >= 4 is 11.6 Å². The Morgan fingerprint density at radius 1 is 1.50 bits per heavy atom. The molecule has 5 nitrogen and oxygen atoms in total. The van der Waals surface area contributed by atoms with Crippen molar-refractivity contribution in [3.8, 4) is 11.4 Å². The summed E-state index contributed by atoms with van der Waals surface area (Å²) in [5.41, 5.74) is 6.24. The molecule has 0 aliphatic carbocycles. The zero-order valence-corrected chi connectivity index (χ0v) is 10.1. The third kappa shape index (κ3) is 2.66. The highest BCUT2D eigenvalue weighted by molar-refractivity contribution is 6.31. The van der Waals surface area contributed by atoms with Gasteiger partial charge in [0.25, 0.3) is 0 Å². The van der Waals surface area contributed by atoms with Crippen LogP contribution in [0.3, 0.4) is 0 Å². The average Bonchev–Trinajstić information content (AvgIpc) is 2.82. The molecule has 0 aliphatic rings. The van der Waals surface area contributed by atoms with E-state index in [0.29, 0.717) is 12.0 Å². The SMILES string of the molecule is NC(CCO)c1nc(-c2ccc(F)c(Cl)c2)no1. The zero-order chi connectivity index (χ0) is 13.1. The molecule has 18 heavy (non-hydrogen) atoms. The second-order valence-corrected chi connectivity index (χ2v) is 4.11. The summed E-state index contributed by atoms with van der Waals surface area (Å²) in [5, 5.41) is 12.5. The molecule has 0 radical (unpaired) electrons. The quantitative estimate of drug-likeness (QED) is 0.887. The topological polar surface area (TPSA) is 85.2 Å². The molecule has 3 N–H and O–H groups in total. The van der Waals surface area contributed by atoms with Crippen molar-refractivity contribution in [2.45, 2.75) is 12.5 Å². The first kappa shape index (κ1) is 12.9. The molecule has 1 heterocycles. The first-order valence-corrected chi connectivity index (χ1v) is 5.65. The number of aromatic nitrogens is 2. The number of rotatable bonds is 4. The lowest BCUT2D eigenvalue weighted by Crippen LogP contribution is -2.12. The maximum absolute atomic E-state index is 13.0. The van der Waals surface area contributed by atoms with Gasteiger partial charge in [0.1, 0.15) is 5.82 Å². The lowest BCUT2D eigenvalue weighted by Gasteiger charge is -2.01. The normalized spacial score (nSPS) is 12.7. The van der Waals surface area contributed by atoms with Crippen molar-refractivity contribution in [3.05, 3.63) is 34.9 Å². The number of hydrogen-bond acceptors (Lipinski definition) is 5. The summed E-state index contributed by atoms with van der Waals surface area (Å²) in [4.78, 5) is 4.07. The molecule has 1 aromatic heterocycles. The van der Waals surface area contributed by atoms with Gasteiger partial charge in [-0.05, 0) is 24.6 Å². The fourth-order valence-electron chi connectivity index (χ4n) is 1.40. The van der Waals surface area contributed by atoms with Gasteiger partial charge in [0, 0.05) is 12.2 Å². The molecule has 1 unspecified atom stereocenters. The van der Waals surface area contributed by atoms with Gasteiger partial charge in [0.2, 0.25) is 11.7 Å². The predicted molar refractivity (Wildman–Crippen MR) is 63.3 cm³/mol. The van der Waals surface area contributed by atoms with Gasteiger partial charge in [-0.3, -0.25) is 0 Å². The van der Waals surface area contributed by atoms with E-state index in [1.54, 1.807) is 0 Å². The summed E-state index contributed by atoms with van der Waals surface area (Å²) in [6.07, 6.45) is 0.325. The van der Waals surface area contributed by atoms with E-state index in [1.807, 2.05) is 0 Å². The molecule has 0 bridgehead atoms. The van der Waals surface area contributed by atoms with Crippen LogP contribution < -0.4 is 5.73 Å². The lowest BCUT2D eigenvalue weighted by atomic mass is 10.2. The van der Waals surface area contributed by atoms with Crippen LogP contribution in [0.4, 0.5) is 4.39 Å². The Morgan fingerprint density at radius 3 is 2.94 bits per heavy atom. The van der Waals surface area contributed by atoms with E-state index in [0.717, 1.165) is 0 Å². The second kappa shape index (κ2) is 5.43. The van der Waals surface area contributed by atoms with E-state index in [4.69, 9.17) is 27.0 Å². The van der Waals surface area contributed by atoms with E-state index in [1.165, 1.54) is 18.2 Å². The smallest absolute Gasteiger partial charge is 0.243 e. The fourth-order valence-corrected chi connectivity index (χ4v) is 1.58. The van der Waals surface area contributed by atoms with E-state index in [2.05, 4.69) is 10.1 Å². The van der Waals surface area contributed by atoms with Gasteiger partial charge in [0.15, 0.2) is 0 Å². The molecule has 1 aromatic carbocycles. The van der Waals surface area contributed by atoms with E-state index < -0.39 is 11.9 Å². The van der Waals surface area contributed by atoms with Crippen LogP contribution in [0, 0.1) is 5.82 Å². The van der Waals surface area contributed by atoms with Gasteiger partial charge < -0.3 is 15.4 Å². The van der Waals surface area contributed by atoms with Crippen LogP contribution in [-0.2, 0) is 0 Å².